The average molecular weight is 302 g/mol. The van der Waals surface area contributed by atoms with Crippen LogP contribution in [-0.2, 0) is 6.54 Å². The van der Waals surface area contributed by atoms with Crippen LogP contribution in [-0.4, -0.2) is 23.6 Å². The molecule has 0 amide bonds. The third-order valence-corrected chi connectivity index (χ3v) is 3.22. The number of hydrogen-bond acceptors (Lipinski definition) is 4. The molecule has 0 radical (unpaired) electrons. The Bertz CT molecular complexity index is 670. The Balaban J connectivity index is 2.73. The van der Waals surface area contributed by atoms with Gasteiger partial charge in [0, 0.05) is 0 Å². The van der Waals surface area contributed by atoms with Gasteiger partial charge in [0.2, 0.25) is 0 Å². The zero-order valence-electron chi connectivity index (χ0n) is 10.5. The van der Waals surface area contributed by atoms with Gasteiger partial charge in [0.05, 0.1) is 29.1 Å². The summed E-state index contributed by atoms with van der Waals surface area (Å²) < 4.78 is 5.20. The summed E-state index contributed by atoms with van der Waals surface area (Å²) in [6.07, 6.45) is 0. The molecule has 19 heavy (non-hydrogen) atoms. The summed E-state index contributed by atoms with van der Waals surface area (Å²) >= 11 is 12.1. The van der Waals surface area contributed by atoms with E-state index in [2.05, 4.69) is 15.3 Å². The van der Waals surface area contributed by atoms with Crippen molar-refractivity contribution in [3.05, 3.63) is 32.3 Å². The fourth-order valence-electron chi connectivity index (χ4n) is 1.79. The van der Waals surface area contributed by atoms with Crippen LogP contribution < -0.4 is 15.6 Å². The van der Waals surface area contributed by atoms with Crippen molar-refractivity contribution < 1.29 is 4.74 Å². The molecule has 0 fully saturated rings. The second-order valence-electron chi connectivity index (χ2n) is 3.89. The topological polar surface area (TPSA) is 67.0 Å². The second kappa shape index (κ2) is 5.77. The smallest absolute Gasteiger partial charge is 0.260 e. The second-order valence-corrected chi connectivity index (χ2v) is 4.70. The van der Waals surface area contributed by atoms with Crippen LogP contribution >= 0.6 is 23.2 Å². The van der Waals surface area contributed by atoms with E-state index in [-0.39, 0.29) is 16.0 Å². The minimum atomic E-state index is -0.308. The van der Waals surface area contributed by atoms with Gasteiger partial charge in [-0.2, -0.15) is 0 Å². The first kappa shape index (κ1) is 14.1. The normalized spacial score (nSPS) is 10.9. The first-order valence-corrected chi connectivity index (χ1v) is 6.49. The van der Waals surface area contributed by atoms with Gasteiger partial charge < -0.3 is 15.0 Å². The minimum Gasteiger partial charge on any atom is -0.493 e. The number of fused-ring (bicyclic) bond motifs is 1. The van der Waals surface area contributed by atoms with Crippen molar-refractivity contribution in [3.63, 3.8) is 0 Å². The van der Waals surface area contributed by atoms with Gasteiger partial charge in [0.15, 0.2) is 5.75 Å². The molecule has 1 aromatic heterocycles. The van der Waals surface area contributed by atoms with E-state index in [1.165, 1.54) is 13.2 Å². The van der Waals surface area contributed by atoms with E-state index in [1.54, 1.807) is 0 Å². The van der Waals surface area contributed by atoms with E-state index in [1.807, 2.05) is 6.92 Å². The van der Waals surface area contributed by atoms with Gasteiger partial charge >= 0.3 is 0 Å². The molecule has 2 N–H and O–H groups in total. The molecule has 0 aliphatic heterocycles. The summed E-state index contributed by atoms with van der Waals surface area (Å²) in [5.74, 6) is 0.862. The van der Waals surface area contributed by atoms with E-state index >= 15 is 0 Å². The van der Waals surface area contributed by atoms with E-state index in [9.17, 15) is 4.79 Å². The zero-order valence-corrected chi connectivity index (χ0v) is 12.0. The van der Waals surface area contributed by atoms with Crippen LogP contribution in [0.15, 0.2) is 10.9 Å². The largest absolute Gasteiger partial charge is 0.493 e. The Hall–Kier alpha value is -1.30. The van der Waals surface area contributed by atoms with Gasteiger partial charge in [-0.3, -0.25) is 4.79 Å². The molecule has 0 atom stereocenters. The van der Waals surface area contributed by atoms with Crippen molar-refractivity contribution in [3.8, 4) is 5.75 Å². The summed E-state index contributed by atoms with van der Waals surface area (Å²) in [7, 11) is 1.47. The molecule has 0 saturated heterocycles. The van der Waals surface area contributed by atoms with Crippen molar-refractivity contribution >= 4 is 34.1 Å². The summed E-state index contributed by atoms with van der Waals surface area (Å²) in [4.78, 5) is 19.1. The molecule has 0 saturated carbocycles. The fourth-order valence-corrected chi connectivity index (χ4v) is 2.41. The maximum Gasteiger partial charge on any atom is 0.260 e. The summed E-state index contributed by atoms with van der Waals surface area (Å²) in [5.41, 5.74) is 0.0644. The highest BCUT2D eigenvalue weighted by Crippen LogP contribution is 2.35. The van der Waals surface area contributed by atoms with Gasteiger partial charge in [-0.25, -0.2) is 4.98 Å². The molecular weight excluding hydrogens is 289 g/mol. The SMILES string of the molecule is CCNCc1nc2c(OC)c(Cl)cc(Cl)c2c(=O)[nH]1. The lowest BCUT2D eigenvalue weighted by atomic mass is 10.2. The van der Waals surface area contributed by atoms with Crippen molar-refractivity contribution in [2.24, 2.45) is 0 Å². The Morgan fingerprint density at radius 1 is 1.42 bits per heavy atom. The first-order chi connectivity index (χ1) is 9.08. The molecule has 0 aliphatic rings. The van der Waals surface area contributed by atoms with Crippen LogP contribution in [0.1, 0.15) is 12.7 Å². The Morgan fingerprint density at radius 2 is 2.16 bits per heavy atom. The predicted octanol–water partition coefficient (Wildman–Crippen LogP) is 2.35. The maximum atomic E-state index is 12.1. The predicted molar refractivity (Wildman–Crippen MR) is 76.3 cm³/mol. The van der Waals surface area contributed by atoms with Crippen LogP contribution in [0.3, 0.4) is 0 Å². The zero-order chi connectivity index (χ0) is 14.0. The number of aromatic amines is 1. The van der Waals surface area contributed by atoms with Crippen LogP contribution in [0.2, 0.25) is 10.0 Å². The minimum absolute atomic E-state index is 0.254. The molecule has 2 aromatic rings. The van der Waals surface area contributed by atoms with Crippen LogP contribution in [0.5, 0.6) is 5.75 Å². The molecular formula is C12H13Cl2N3O2. The Morgan fingerprint density at radius 3 is 2.79 bits per heavy atom. The van der Waals surface area contributed by atoms with E-state index < -0.39 is 0 Å². The molecule has 1 heterocycles. The van der Waals surface area contributed by atoms with E-state index in [0.29, 0.717) is 28.7 Å². The third kappa shape index (κ3) is 2.68. The number of H-pyrrole nitrogens is 1. The van der Waals surface area contributed by atoms with Crippen LogP contribution in [0.25, 0.3) is 10.9 Å². The number of aromatic nitrogens is 2. The van der Waals surface area contributed by atoms with Crippen molar-refractivity contribution in [2.45, 2.75) is 13.5 Å². The summed E-state index contributed by atoms with van der Waals surface area (Å²) in [5, 5.41) is 3.95. The van der Waals surface area contributed by atoms with Crippen molar-refractivity contribution in [1.82, 2.24) is 15.3 Å². The lowest BCUT2D eigenvalue weighted by Crippen LogP contribution is -2.19. The molecule has 7 heteroatoms. The van der Waals surface area contributed by atoms with E-state index in [4.69, 9.17) is 27.9 Å². The number of nitrogens with one attached hydrogen (secondary N) is 2. The monoisotopic (exact) mass is 301 g/mol. The fraction of sp³-hybridized carbons (Fsp3) is 0.333. The Labute approximate surface area is 119 Å². The number of halogens is 2. The molecule has 1 aromatic carbocycles. The number of ether oxygens (including phenoxy) is 1. The average Bonchev–Trinajstić information content (AvgIpc) is 2.35. The summed E-state index contributed by atoms with van der Waals surface area (Å²) in [6, 6.07) is 1.48. The number of hydrogen-bond donors (Lipinski definition) is 2. The lowest BCUT2D eigenvalue weighted by molar-refractivity contribution is 0.419. The standard InChI is InChI=1S/C12H13Cl2N3O2/c1-3-15-5-8-16-10-9(12(18)17-8)6(13)4-7(14)11(10)19-2/h4,15H,3,5H2,1-2H3,(H,16,17,18). The van der Waals surface area contributed by atoms with Gasteiger partial charge in [-0.05, 0) is 12.6 Å². The molecule has 0 unspecified atom stereocenters. The molecule has 2 rings (SSSR count). The highest BCUT2D eigenvalue weighted by molar-refractivity contribution is 6.39. The molecule has 0 bridgehead atoms. The van der Waals surface area contributed by atoms with E-state index in [0.717, 1.165) is 6.54 Å². The van der Waals surface area contributed by atoms with Gasteiger partial charge in [-0.15, -0.1) is 0 Å². The van der Waals surface area contributed by atoms with Crippen LogP contribution in [0.4, 0.5) is 0 Å². The number of benzene rings is 1. The molecule has 0 aliphatic carbocycles. The Kier molecular flexibility index (Phi) is 4.29. The lowest BCUT2D eigenvalue weighted by Gasteiger charge is -2.09. The number of nitrogens with zero attached hydrogens (tertiary/aromatic N) is 1. The van der Waals surface area contributed by atoms with Gasteiger partial charge in [0.1, 0.15) is 11.3 Å². The van der Waals surface area contributed by atoms with Crippen molar-refractivity contribution in [2.75, 3.05) is 13.7 Å². The maximum absolute atomic E-state index is 12.1. The highest BCUT2D eigenvalue weighted by Gasteiger charge is 2.16. The van der Waals surface area contributed by atoms with Gasteiger partial charge in [-0.1, -0.05) is 30.1 Å². The molecule has 5 nitrogen and oxygen atoms in total. The van der Waals surface area contributed by atoms with Crippen molar-refractivity contribution in [1.29, 1.82) is 0 Å². The summed E-state index contributed by atoms with van der Waals surface area (Å²) in [6.45, 7) is 3.19. The van der Waals surface area contributed by atoms with Crippen LogP contribution in [0, 0.1) is 0 Å². The highest BCUT2D eigenvalue weighted by atomic mass is 35.5. The van der Waals surface area contributed by atoms with Gasteiger partial charge in [0.25, 0.3) is 5.56 Å². The number of rotatable bonds is 4. The first-order valence-electron chi connectivity index (χ1n) is 5.74. The molecule has 0 spiro atoms. The molecule has 102 valence electrons. The quantitative estimate of drug-likeness (QED) is 0.910. The number of methoxy groups -OCH3 is 1. The third-order valence-electron chi connectivity index (χ3n) is 2.64.